The highest BCUT2D eigenvalue weighted by Crippen LogP contribution is 2.06. The summed E-state index contributed by atoms with van der Waals surface area (Å²) < 4.78 is 11.0. The molecule has 1 aromatic heterocycles. The number of benzene rings is 1. The molecule has 18 heavy (non-hydrogen) atoms. The van der Waals surface area contributed by atoms with Crippen LogP contribution >= 0.6 is 0 Å². The van der Waals surface area contributed by atoms with E-state index in [0.29, 0.717) is 25.7 Å². The lowest BCUT2D eigenvalue weighted by molar-refractivity contribution is 0.0875. The number of pyridine rings is 1. The van der Waals surface area contributed by atoms with Crippen molar-refractivity contribution in [2.45, 2.75) is 13.5 Å². The molecule has 2 aromatic rings. The van der Waals surface area contributed by atoms with Crippen LogP contribution < -0.4 is 4.74 Å². The number of aromatic nitrogens is 1. The van der Waals surface area contributed by atoms with Gasteiger partial charge in [0.05, 0.1) is 13.2 Å². The smallest absolute Gasteiger partial charge is 0.213 e. The number of hydrogen-bond acceptors (Lipinski definition) is 3. The summed E-state index contributed by atoms with van der Waals surface area (Å²) >= 11 is 0. The average Bonchev–Trinajstić information content (AvgIpc) is 2.42. The lowest BCUT2D eigenvalue weighted by atomic mass is 10.2. The molecule has 0 saturated carbocycles. The first-order valence-corrected chi connectivity index (χ1v) is 6.02. The largest absolute Gasteiger partial charge is 0.475 e. The van der Waals surface area contributed by atoms with E-state index in [1.165, 1.54) is 5.56 Å². The Labute approximate surface area is 107 Å². The van der Waals surface area contributed by atoms with Gasteiger partial charge in [-0.1, -0.05) is 36.4 Å². The molecule has 0 aliphatic heterocycles. The molecule has 0 aliphatic carbocycles. The van der Waals surface area contributed by atoms with Gasteiger partial charge in [0.25, 0.3) is 0 Å². The number of hydrogen-bond donors (Lipinski definition) is 0. The van der Waals surface area contributed by atoms with Gasteiger partial charge in [0, 0.05) is 12.3 Å². The summed E-state index contributed by atoms with van der Waals surface area (Å²) in [4.78, 5) is 4.16. The van der Waals surface area contributed by atoms with Crippen molar-refractivity contribution in [3.8, 4) is 5.88 Å². The van der Waals surface area contributed by atoms with Crippen molar-refractivity contribution in [2.24, 2.45) is 0 Å². The van der Waals surface area contributed by atoms with E-state index in [1.54, 1.807) is 6.20 Å². The molecule has 0 fully saturated rings. The molecular formula is C15H17NO2. The third-order valence-corrected chi connectivity index (χ3v) is 2.47. The third-order valence-electron chi connectivity index (χ3n) is 2.47. The van der Waals surface area contributed by atoms with Crippen LogP contribution in [0.4, 0.5) is 0 Å². The molecule has 3 heteroatoms. The Morgan fingerprint density at radius 1 is 1.00 bits per heavy atom. The van der Waals surface area contributed by atoms with Gasteiger partial charge in [-0.2, -0.15) is 0 Å². The van der Waals surface area contributed by atoms with Crippen molar-refractivity contribution in [2.75, 3.05) is 13.2 Å². The van der Waals surface area contributed by atoms with E-state index >= 15 is 0 Å². The average molecular weight is 243 g/mol. The maximum absolute atomic E-state index is 5.51. The van der Waals surface area contributed by atoms with E-state index in [1.807, 2.05) is 49.4 Å². The normalized spacial score (nSPS) is 10.3. The van der Waals surface area contributed by atoms with Crippen molar-refractivity contribution >= 4 is 0 Å². The van der Waals surface area contributed by atoms with Gasteiger partial charge in [-0.25, -0.2) is 4.98 Å². The standard InChI is InChI=1S/C15H17NO2/c1-13-7-8-15(16-11-13)18-10-9-17-12-14-5-3-2-4-6-14/h2-8,11H,9-10,12H2,1H3. The van der Waals surface area contributed by atoms with Crippen LogP contribution in [0.2, 0.25) is 0 Å². The summed E-state index contributed by atoms with van der Waals surface area (Å²) in [5.41, 5.74) is 2.30. The van der Waals surface area contributed by atoms with Crippen LogP contribution in [-0.4, -0.2) is 18.2 Å². The van der Waals surface area contributed by atoms with Crippen molar-refractivity contribution in [3.05, 3.63) is 59.8 Å². The molecule has 0 atom stereocenters. The number of nitrogens with zero attached hydrogens (tertiary/aromatic N) is 1. The fourth-order valence-electron chi connectivity index (χ4n) is 1.51. The molecule has 3 nitrogen and oxygen atoms in total. The highest BCUT2D eigenvalue weighted by atomic mass is 16.5. The molecule has 0 aliphatic rings. The topological polar surface area (TPSA) is 31.4 Å². The Balaban J connectivity index is 1.63. The summed E-state index contributed by atoms with van der Waals surface area (Å²) in [6, 6.07) is 13.9. The Hall–Kier alpha value is -1.87. The van der Waals surface area contributed by atoms with Crippen LogP contribution in [0.25, 0.3) is 0 Å². The van der Waals surface area contributed by atoms with Gasteiger partial charge in [0.2, 0.25) is 5.88 Å². The molecule has 2 rings (SSSR count). The van der Waals surface area contributed by atoms with E-state index in [0.717, 1.165) is 5.56 Å². The summed E-state index contributed by atoms with van der Waals surface area (Å²) in [6.07, 6.45) is 1.79. The van der Waals surface area contributed by atoms with Crippen LogP contribution in [0.3, 0.4) is 0 Å². The van der Waals surface area contributed by atoms with E-state index in [2.05, 4.69) is 4.98 Å². The summed E-state index contributed by atoms with van der Waals surface area (Å²) in [5, 5.41) is 0. The zero-order valence-electron chi connectivity index (χ0n) is 10.5. The lowest BCUT2D eigenvalue weighted by Crippen LogP contribution is -2.07. The van der Waals surface area contributed by atoms with Gasteiger partial charge in [-0.3, -0.25) is 0 Å². The SMILES string of the molecule is Cc1ccc(OCCOCc2ccccc2)nc1. The van der Waals surface area contributed by atoms with Gasteiger partial charge in [0.1, 0.15) is 6.61 Å². The van der Waals surface area contributed by atoms with Crippen LogP contribution in [0.1, 0.15) is 11.1 Å². The van der Waals surface area contributed by atoms with Crippen LogP contribution in [-0.2, 0) is 11.3 Å². The zero-order valence-corrected chi connectivity index (χ0v) is 10.5. The Bertz CT molecular complexity index is 454. The molecule has 0 bridgehead atoms. The molecule has 0 unspecified atom stereocenters. The van der Waals surface area contributed by atoms with Crippen molar-refractivity contribution in [1.29, 1.82) is 0 Å². The first-order valence-electron chi connectivity index (χ1n) is 6.02. The number of ether oxygens (including phenoxy) is 2. The van der Waals surface area contributed by atoms with Gasteiger partial charge < -0.3 is 9.47 Å². The number of rotatable bonds is 6. The van der Waals surface area contributed by atoms with Crippen LogP contribution in [0, 0.1) is 6.92 Å². The highest BCUT2D eigenvalue weighted by molar-refractivity contribution is 5.16. The van der Waals surface area contributed by atoms with E-state index in [4.69, 9.17) is 9.47 Å². The second kappa shape index (κ2) is 6.77. The first-order chi connectivity index (χ1) is 8.84. The summed E-state index contributed by atoms with van der Waals surface area (Å²) in [5.74, 6) is 0.643. The van der Waals surface area contributed by atoms with Gasteiger partial charge in [-0.05, 0) is 18.1 Å². The maximum atomic E-state index is 5.51. The molecule has 0 saturated heterocycles. The molecule has 0 N–H and O–H groups in total. The Morgan fingerprint density at radius 3 is 2.56 bits per heavy atom. The van der Waals surface area contributed by atoms with E-state index in [9.17, 15) is 0 Å². The molecule has 1 heterocycles. The third kappa shape index (κ3) is 4.18. The molecule has 0 spiro atoms. The fourth-order valence-corrected chi connectivity index (χ4v) is 1.51. The number of aryl methyl sites for hydroxylation is 1. The zero-order chi connectivity index (χ0) is 12.6. The van der Waals surface area contributed by atoms with Gasteiger partial charge in [0.15, 0.2) is 0 Å². The summed E-state index contributed by atoms with van der Waals surface area (Å²) in [6.45, 7) is 3.69. The maximum Gasteiger partial charge on any atom is 0.213 e. The minimum atomic E-state index is 0.517. The molecular weight excluding hydrogens is 226 g/mol. The minimum absolute atomic E-state index is 0.517. The molecule has 94 valence electrons. The lowest BCUT2D eigenvalue weighted by Gasteiger charge is -2.06. The summed E-state index contributed by atoms with van der Waals surface area (Å²) in [7, 11) is 0. The quantitative estimate of drug-likeness (QED) is 0.731. The monoisotopic (exact) mass is 243 g/mol. The fraction of sp³-hybridized carbons (Fsp3) is 0.267. The van der Waals surface area contributed by atoms with E-state index in [-0.39, 0.29) is 0 Å². The Morgan fingerprint density at radius 2 is 1.83 bits per heavy atom. The van der Waals surface area contributed by atoms with Crippen molar-refractivity contribution < 1.29 is 9.47 Å². The Kier molecular flexibility index (Phi) is 4.73. The second-order valence-corrected chi connectivity index (χ2v) is 4.06. The minimum Gasteiger partial charge on any atom is -0.475 e. The first kappa shape index (κ1) is 12.6. The molecule has 1 aromatic carbocycles. The molecule has 0 radical (unpaired) electrons. The van der Waals surface area contributed by atoms with Gasteiger partial charge >= 0.3 is 0 Å². The second-order valence-electron chi connectivity index (χ2n) is 4.06. The highest BCUT2D eigenvalue weighted by Gasteiger charge is 1.95. The van der Waals surface area contributed by atoms with Crippen molar-refractivity contribution in [1.82, 2.24) is 4.98 Å². The van der Waals surface area contributed by atoms with E-state index < -0.39 is 0 Å². The van der Waals surface area contributed by atoms with Crippen molar-refractivity contribution in [3.63, 3.8) is 0 Å². The van der Waals surface area contributed by atoms with Gasteiger partial charge in [-0.15, -0.1) is 0 Å². The predicted molar refractivity (Wildman–Crippen MR) is 70.6 cm³/mol. The molecule has 0 amide bonds. The predicted octanol–water partition coefficient (Wildman–Crippen LogP) is 2.99. The van der Waals surface area contributed by atoms with Crippen LogP contribution in [0.15, 0.2) is 48.7 Å². The van der Waals surface area contributed by atoms with Crippen LogP contribution in [0.5, 0.6) is 5.88 Å².